The maximum atomic E-state index is 11.0. The van der Waals surface area contributed by atoms with Crippen molar-refractivity contribution in [1.82, 2.24) is 4.90 Å². The minimum atomic E-state index is -1.42. The Balaban J connectivity index is 4.22. The summed E-state index contributed by atoms with van der Waals surface area (Å²) in [5, 5.41) is 18.1. The number of carbonyl (C=O) groups excluding carboxylic acids is 1. The predicted octanol–water partition coefficient (Wildman–Crippen LogP) is -0.129. The van der Waals surface area contributed by atoms with Crippen LogP contribution >= 0.6 is 0 Å². The lowest BCUT2D eigenvalue weighted by Crippen LogP contribution is -2.22. The maximum Gasteiger partial charge on any atom is 0.249 e. The second-order valence-electron chi connectivity index (χ2n) is 2.61. The van der Waals surface area contributed by atoms with Gasteiger partial charge in [-0.05, 0) is 6.92 Å². The Bertz CT molecular complexity index is 200. The third-order valence-electron chi connectivity index (χ3n) is 1.29. The number of aliphatic hydroxyl groups excluding tert-OH is 2. The predicted molar refractivity (Wildman–Crippen MR) is 47.0 cm³/mol. The Hall–Kier alpha value is -1.07. The van der Waals surface area contributed by atoms with Crippen LogP contribution in [-0.4, -0.2) is 48.0 Å². The van der Waals surface area contributed by atoms with E-state index in [1.807, 2.05) is 0 Å². The quantitative estimate of drug-likeness (QED) is 0.367. The molecule has 0 fully saturated rings. The van der Waals surface area contributed by atoms with Gasteiger partial charge in [-0.25, -0.2) is 0 Å². The second-order valence-corrected chi connectivity index (χ2v) is 2.61. The summed E-state index contributed by atoms with van der Waals surface area (Å²) in [7, 11) is 3.08. The van der Waals surface area contributed by atoms with Crippen LogP contribution in [-0.2, 0) is 9.53 Å². The standard InChI is InChI=1S/C8H15NO4/c1-4-13-8(12)6(10)5-7(11)9(2)3/h5,8,10,12H,4H2,1-3H3/b6-5-. The molecule has 1 amide bonds. The number of hydrogen-bond acceptors (Lipinski definition) is 4. The first-order chi connectivity index (χ1) is 5.99. The Kier molecular flexibility index (Phi) is 5.10. The monoisotopic (exact) mass is 189 g/mol. The van der Waals surface area contributed by atoms with Crippen molar-refractivity contribution in [1.29, 1.82) is 0 Å². The summed E-state index contributed by atoms with van der Waals surface area (Å²) in [5.74, 6) is -0.892. The van der Waals surface area contributed by atoms with Gasteiger partial charge < -0.3 is 19.8 Å². The summed E-state index contributed by atoms with van der Waals surface area (Å²) in [6.07, 6.45) is -0.505. The van der Waals surface area contributed by atoms with Crippen LogP contribution in [0.3, 0.4) is 0 Å². The first-order valence-corrected chi connectivity index (χ1v) is 3.90. The van der Waals surface area contributed by atoms with E-state index in [9.17, 15) is 4.79 Å². The van der Waals surface area contributed by atoms with Crippen molar-refractivity contribution < 1.29 is 19.7 Å². The number of nitrogens with zero attached hydrogens (tertiary/aromatic N) is 1. The van der Waals surface area contributed by atoms with Crippen LogP contribution in [0.2, 0.25) is 0 Å². The highest BCUT2D eigenvalue weighted by molar-refractivity contribution is 5.87. The number of likely N-dealkylation sites (N-methyl/N-ethyl adjacent to an activating group) is 1. The molecule has 0 aromatic rings. The number of hydrogen-bond donors (Lipinski definition) is 2. The van der Waals surface area contributed by atoms with Crippen LogP contribution in [0.1, 0.15) is 6.92 Å². The molecule has 0 aromatic heterocycles. The molecule has 76 valence electrons. The van der Waals surface area contributed by atoms with Gasteiger partial charge in [0.05, 0.1) is 0 Å². The summed E-state index contributed by atoms with van der Waals surface area (Å²) < 4.78 is 4.65. The second kappa shape index (κ2) is 5.55. The summed E-state index contributed by atoms with van der Waals surface area (Å²) in [6.45, 7) is 1.93. The lowest BCUT2D eigenvalue weighted by atomic mass is 10.4. The molecule has 0 saturated heterocycles. The van der Waals surface area contributed by atoms with Gasteiger partial charge in [-0.15, -0.1) is 0 Å². The van der Waals surface area contributed by atoms with Gasteiger partial charge in [0.25, 0.3) is 0 Å². The maximum absolute atomic E-state index is 11.0. The van der Waals surface area contributed by atoms with Crippen LogP contribution in [0.5, 0.6) is 0 Å². The van der Waals surface area contributed by atoms with E-state index in [0.717, 1.165) is 6.08 Å². The molecule has 2 N–H and O–H groups in total. The van der Waals surface area contributed by atoms with Gasteiger partial charge in [0.1, 0.15) is 0 Å². The third kappa shape index (κ3) is 4.49. The van der Waals surface area contributed by atoms with E-state index < -0.39 is 18.0 Å². The van der Waals surface area contributed by atoms with Crippen molar-refractivity contribution >= 4 is 5.91 Å². The fourth-order valence-electron chi connectivity index (χ4n) is 0.570. The molecule has 5 nitrogen and oxygen atoms in total. The summed E-state index contributed by atoms with van der Waals surface area (Å²) in [6, 6.07) is 0. The Morgan fingerprint density at radius 1 is 1.62 bits per heavy atom. The van der Waals surface area contributed by atoms with E-state index in [-0.39, 0.29) is 6.61 Å². The van der Waals surface area contributed by atoms with Crippen molar-refractivity contribution in [2.24, 2.45) is 0 Å². The molecule has 13 heavy (non-hydrogen) atoms. The van der Waals surface area contributed by atoms with Gasteiger partial charge in [-0.2, -0.15) is 0 Å². The molecule has 0 aliphatic carbocycles. The minimum Gasteiger partial charge on any atom is -0.507 e. The SMILES string of the molecule is CCOC(O)/C(O)=C/C(=O)N(C)C. The summed E-state index contributed by atoms with van der Waals surface area (Å²) in [4.78, 5) is 12.3. The molecule has 1 atom stereocenters. The Labute approximate surface area is 77.2 Å². The fourth-order valence-corrected chi connectivity index (χ4v) is 0.570. The van der Waals surface area contributed by atoms with Crippen LogP contribution in [0.25, 0.3) is 0 Å². The summed E-state index contributed by atoms with van der Waals surface area (Å²) in [5.41, 5.74) is 0. The molecule has 5 heteroatoms. The molecule has 0 rings (SSSR count). The number of rotatable bonds is 4. The normalized spacial score (nSPS) is 14.0. The number of ether oxygens (including phenoxy) is 1. The molecule has 0 aromatic carbocycles. The van der Waals surface area contributed by atoms with Crippen LogP contribution < -0.4 is 0 Å². The molecule has 0 radical (unpaired) electrons. The Morgan fingerprint density at radius 3 is 2.54 bits per heavy atom. The van der Waals surface area contributed by atoms with E-state index in [4.69, 9.17) is 10.2 Å². The van der Waals surface area contributed by atoms with E-state index in [2.05, 4.69) is 4.74 Å². The number of carbonyl (C=O) groups is 1. The van der Waals surface area contributed by atoms with Crippen LogP contribution in [0.4, 0.5) is 0 Å². The highest BCUT2D eigenvalue weighted by Gasteiger charge is 2.11. The molecule has 0 spiro atoms. The van der Waals surface area contributed by atoms with Gasteiger partial charge >= 0.3 is 0 Å². The minimum absolute atomic E-state index is 0.259. The van der Waals surface area contributed by atoms with E-state index in [0.29, 0.717) is 0 Å². The highest BCUT2D eigenvalue weighted by atomic mass is 16.6. The van der Waals surface area contributed by atoms with E-state index in [1.165, 1.54) is 4.90 Å². The van der Waals surface area contributed by atoms with Crippen molar-refractivity contribution in [2.75, 3.05) is 20.7 Å². The smallest absolute Gasteiger partial charge is 0.249 e. The fraction of sp³-hybridized carbons (Fsp3) is 0.625. The molecule has 0 bridgehead atoms. The van der Waals surface area contributed by atoms with Crippen LogP contribution in [0, 0.1) is 0 Å². The van der Waals surface area contributed by atoms with Crippen molar-refractivity contribution in [3.05, 3.63) is 11.8 Å². The largest absolute Gasteiger partial charge is 0.507 e. The van der Waals surface area contributed by atoms with Gasteiger partial charge in [-0.1, -0.05) is 0 Å². The third-order valence-corrected chi connectivity index (χ3v) is 1.29. The molecule has 1 unspecified atom stereocenters. The van der Waals surface area contributed by atoms with Crippen molar-refractivity contribution in [3.8, 4) is 0 Å². The van der Waals surface area contributed by atoms with E-state index >= 15 is 0 Å². The zero-order valence-electron chi connectivity index (χ0n) is 8.02. The molecule has 0 aliphatic rings. The lowest BCUT2D eigenvalue weighted by molar-refractivity contribution is -0.124. The van der Waals surface area contributed by atoms with E-state index in [1.54, 1.807) is 21.0 Å². The Morgan fingerprint density at radius 2 is 2.15 bits per heavy atom. The molecular weight excluding hydrogens is 174 g/mol. The highest BCUT2D eigenvalue weighted by Crippen LogP contribution is 2.00. The summed E-state index contributed by atoms with van der Waals surface area (Å²) >= 11 is 0. The molecular formula is C8H15NO4. The van der Waals surface area contributed by atoms with Gasteiger partial charge in [0.15, 0.2) is 5.76 Å². The number of amides is 1. The zero-order chi connectivity index (χ0) is 10.4. The topological polar surface area (TPSA) is 70.0 Å². The average molecular weight is 189 g/mol. The number of aliphatic hydroxyl groups is 2. The first-order valence-electron chi connectivity index (χ1n) is 3.90. The van der Waals surface area contributed by atoms with Crippen LogP contribution in [0.15, 0.2) is 11.8 Å². The van der Waals surface area contributed by atoms with Crippen molar-refractivity contribution in [3.63, 3.8) is 0 Å². The van der Waals surface area contributed by atoms with Gasteiger partial charge in [-0.3, -0.25) is 4.79 Å². The average Bonchev–Trinajstić information content (AvgIpc) is 2.04. The van der Waals surface area contributed by atoms with Gasteiger partial charge in [0, 0.05) is 26.8 Å². The zero-order valence-corrected chi connectivity index (χ0v) is 8.02. The molecule has 0 aliphatic heterocycles. The van der Waals surface area contributed by atoms with Crippen molar-refractivity contribution in [2.45, 2.75) is 13.2 Å². The first kappa shape index (κ1) is 11.9. The van der Waals surface area contributed by atoms with Gasteiger partial charge in [0.2, 0.25) is 12.2 Å². The molecule has 0 heterocycles. The molecule has 0 saturated carbocycles. The lowest BCUT2D eigenvalue weighted by Gasteiger charge is -2.11.